The minimum atomic E-state index is -5.08. The van der Waals surface area contributed by atoms with Crippen LogP contribution < -0.4 is 4.74 Å². The summed E-state index contributed by atoms with van der Waals surface area (Å²) in [4.78, 5) is 15.8. The Morgan fingerprint density at radius 2 is 1.50 bits per heavy atom. The Hall–Kier alpha value is 3.07. The first-order valence-corrected chi connectivity index (χ1v) is 10.9. The standard InChI is InChI=1S/C16H17F2O7PS.3K.3H/c17-12-4-6-13(7-5-12)25-14-8-9-15(18)11(10-14)2-1-3-16(26(19,20)21)27(22,23)24;;;;;;/h4-10,16H,1-3H2,(H2,19,20,21)(H,22,23,24);;;;;;. The van der Waals surface area contributed by atoms with E-state index in [4.69, 9.17) is 19.1 Å². The van der Waals surface area contributed by atoms with Gasteiger partial charge in [0.05, 0.1) is 0 Å². The van der Waals surface area contributed by atoms with Crippen LogP contribution in [-0.4, -0.2) is 182 Å². The molecule has 0 radical (unpaired) electrons. The fourth-order valence-corrected chi connectivity index (χ4v) is 4.77. The first-order chi connectivity index (χ1) is 12.5. The minimum absolute atomic E-state index is 0. The number of halogens is 2. The second kappa shape index (κ2) is 15.9. The van der Waals surface area contributed by atoms with Gasteiger partial charge in [-0.05, 0) is 67.3 Å². The van der Waals surface area contributed by atoms with E-state index >= 15 is 0 Å². The molecule has 0 aliphatic rings. The maximum absolute atomic E-state index is 13.9. The van der Waals surface area contributed by atoms with Gasteiger partial charge in [0, 0.05) is 0 Å². The monoisotopic (exact) mass is 542 g/mol. The van der Waals surface area contributed by atoms with Crippen molar-refractivity contribution < 1.29 is 40.8 Å². The molecule has 0 bridgehead atoms. The van der Waals surface area contributed by atoms with Gasteiger partial charge in [0.2, 0.25) is 0 Å². The van der Waals surface area contributed by atoms with E-state index in [9.17, 15) is 21.8 Å². The van der Waals surface area contributed by atoms with Gasteiger partial charge in [-0.15, -0.1) is 0 Å². The molecule has 7 nitrogen and oxygen atoms in total. The van der Waals surface area contributed by atoms with Crippen LogP contribution in [0.4, 0.5) is 8.78 Å². The summed E-state index contributed by atoms with van der Waals surface area (Å²) < 4.78 is 74.7. The Balaban J connectivity index is 0. The van der Waals surface area contributed by atoms with Crippen molar-refractivity contribution in [1.29, 1.82) is 0 Å². The van der Waals surface area contributed by atoms with E-state index in [0.717, 1.165) is 6.07 Å². The molecule has 0 heterocycles. The van der Waals surface area contributed by atoms with E-state index in [2.05, 4.69) is 0 Å². The van der Waals surface area contributed by atoms with Crippen LogP contribution >= 0.6 is 7.60 Å². The zero-order valence-electron chi connectivity index (χ0n) is 13.8. The number of rotatable bonds is 8. The summed E-state index contributed by atoms with van der Waals surface area (Å²) in [5, 5.41) is 0. The number of ether oxygens (including phenoxy) is 1. The van der Waals surface area contributed by atoms with Crippen LogP contribution in [0.3, 0.4) is 0 Å². The molecule has 30 heavy (non-hydrogen) atoms. The van der Waals surface area contributed by atoms with Crippen LogP contribution in [-0.2, 0) is 21.1 Å². The fraction of sp³-hybridized carbons (Fsp3) is 0.250. The van der Waals surface area contributed by atoms with Crippen LogP contribution in [0.1, 0.15) is 18.4 Å². The van der Waals surface area contributed by atoms with Gasteiger partial charge in [0.1, 0.15) is 23.1 Å². The zero-order chi connectivity index (χ0) is 20.2. The summed E-state index contributed by atoms with van der Waals surface area (Å²) in [6.45, 7) is 0. The summed E-state index contributed by atoms with van der Waals surface area (Å²) in [5.41, 5.74) is 0.134. The normalized spacial score (nSPS) is 12.0. The second-order valence-electron chi connectivity index (χ2n) is 5.76. The zero-order valence-corrected chi connectivity index (χ0v) is 15.5. The Bertz CT molecular complexity index is 956. The van der Waals surface area contributed by atoms with E-state index in [0.29, 0.717) is 5.75 Å². The van der Waals surface area contributed by atoms with E-state index in [1.165, 1.54) is 36.4 Å². The summed E-state index contributed by atoms with van der Waals surface area (Å²) >= 11 is 0. The molecular formula is C16H20F2K3O7PS. The predicted molar refractivity (Wildman–Crippen MR) is 115 cm³/mol. The van der Waals surface area contributed by atoms with Gasteiger partial charge in [0.15, 0.2) is 4.99 Å². The molecule has 0 saturated heterocycles. The molecule has 0 aliphatic carbocycles. The third-order valence-electron chi connectivity index (χ3n) is 3.68. The van der Waals surface area contributed by atoms with Crippen molar-refractivity contribution in [2.75, 3.05) is 0 Å². The molecule has 0 aliphatic heterocycles. The summed E-state index contributed by atoms with van der Waals surface area (Å²) in [5.74, 6) is -0.483. The van der Waals surface area contributed by atoms with E-state index in [1.54, 1.807) is 0 Å². The van der Waals surface area contributed by atoms with Gasteiger partial charge in [-0.25, -0.2) is 8.78 Å². The number of hydrogen-bond donors (Lipinski definition) is 3. The SMILES string of the molecule is O=P(O)(O)C(CCCc1cc(Oc2ccc(F)cc2)ccc1F)S(=O)(=O)O.[KH].[KH].[KH]. The third kappa shape index (κ3) is 12.2. The maximum atomic E-state index is 13.9. The van der Waals surface area contributed by atoms with Crippen molar-refractivity contribution in [3.05, 3.63) is 59.7 Å². The molecule has 3 N–H and O–H groups in total. The van der Waals surface area contributed by atoms with Gasteiger partial charge in [-0.2, -0.15) is 8.42 Å². The summed E-state index contributed by atoms with van der Waals surface area (Å²) in [6, 6.07) is 8.97. The van der Waals surface area contributed by atoms with Gasteiger partial charge < -0.3 is 14.5 Å². The van der Waals surface area contributed by atoms with E-state index in [-0.39, 0.29) is 178 Å². The molecule has 0 spiro atoms. The Morgan fingerprint density at radius 1 is 0.967 bits per heavy atom. The fourth-order valence-electron chi connectivity index (χ4n) is 2.40. The average molecular weight is 543 g/mol. The molecule has 2 rings (SSSR count). The van der Waals surface area contributed by atoms with Crippen LogP contribution in [0.2, 0.25) is 0 Å². The molecule has 0 aromatic heterocycles. The predicted octanol–water partition coefficient (Wildman–Crippen LogP) is 1.53. The summed E-state index contributed by atoms with van der Waals surface area (Å²) in [7, 11) is -10.0. The number of hydrogen-bond acceptors (Lipinski definition) is 4. The van der Waals surface area contributed by atoms with E-state index < -0.39 is 40.8 Å². The van der Waals surface area contributed by atoms with Crippen molar-refractivity contribution in [1.82, 2.24) is 0 Å². The molecule has 154 valence electrons. The molecule has 0 amide bonds. The molecule has 0 saturated carbocycles. The van der Waals surface area contributed by atoms with E-state index in [1.807, 2.05) is 0 Å². The van der Waals surface area contributed by atoms with Gasteiger partial charge in [-0.3, -0.25) is 9.12 Å². The van der Waals surface area contributed by atoms with Crippen LogP contribution in [0, 0.1) is 11.6 Å². The Labute approximate surface area is 301 Å². The third-order valence-corrected chi connectivity index (χ3v) is 7.24. The van der Waals surface area contributed by atoms with Crippen molar-refractivity contribution in [3.63, 3.8) is 0 Å². The van der Waals surface area contributed by atoms with Crippen LogP contribution in [0.5, 0.6) is 11.5 Å². The second-order valence-corrected chi connectivity index (χ2v) is 9.51. The van der Waals surface area contributed by atoms with Crippen LogP contribution in [0.15, 0.2) is 42.5 Å². The van der Waals surface area contributed by atoms with Crippen molar-refractivity contribution in [2.24, 2.45) is 0 Å². The quantitative estimate of drug-likeness (QED) is 0.263. The molecule has 1 atom stereocenters. The average Bonchev–Trinajstić information content (AvgIpc) is 2.54. The molecular weight excluding hydrogens is 523 g/mol. The van der Waals surface area contributed by atoms with Gasteiger partial charge in [0.25, 0.3) is 10.1 Å². The Morgan fingerprint density at radius 3 is 2.00 bits per heavy atom. The van der Waals surface area contributed by atoms with Crippen molar-refractivity contribution in [3.8, 4) is 11.5 Å². The van der Waals surface area contributed by atoms with Gasteiger partial charge >= 0.3 is 162 Å². The number of benzene rings is 2. The molecule has 1 unspecified atom stereocenters. The number of aryl methyl sites for hydroxylation is 1. The first kappa shape index (κ1) is 35.2. The molecule has 2 aromatic carbocycles. The van der Waals surface area contributed by atoms with Crippen molar-refractivity contribution in [2.45, 2.75) is 24.3 Å². The molecule has 2 aromatic rings. The van der Waals surface area contributed by atoms with Crippen LogP contribution in [0.25, 0.3) is 0 Å². The van der Waals surface area contributed by atoms with Gasteiger partial charge in [-0.1, -0.05) is 0 Å². The van der Waals surface area contributed by atoms with Crippen molar-refractivity contribution >= 4 is 172 Å². The first-order valence-electron chi connectivity index (χ1n) is 7.70. The molecule has 14 heteroatoms. The Kier molecular flexibility index (Phi) is 18.7. The topological polar surface area (TPSA) is 121 Å². The summed E-state index contributed by atoms with van der Waals surface area (Å²) in [6.07, 6.45) is -0.698. The molecule has 0 fully saturated rings.